The van der Waals surface area contributed by atoms with E-state index in [1.54, 1.807) is 0 Å². The van der Waals surface area contributed by atoms with Crippen LogP contribution in [0.25, 0.3) is 0 Å². The van der Waals surface area contributed by atoms with E-state index in [0.717, 1.165) is 102 Å². The number of phosphoric acid groups is 2. The molecule has 3 N–H and O–H groups in total. The number of aliphatic hydroxyl groups excluding tert-OH is 1. The van der Waals surface area contributed by atoms with Gasteiger partial charge in [-0.2, -0.15) is 0 Å². The fraction of sp³-hybridized carbons (Fsp3) is 0.943. The number of carbonyl (C=O) groups is 4. The predicted octanol–water partition coefficient (Wildman–Crippen LogP) is 20.1. The highest BCUT2D eigenvalue weighted by Gasteiger charge is 2.30. The number of aliphatic hydroxyl groups is 1. The monoisotopic (exact) mass is 1310 g/mol. The van der Waals surface area contributed by atoms with Crippen LogP contribution >= 0.6 is 15.6 Å². The molecule has 5 atom stereocenters. The van der Waals surface area contributed by atoms with Crippen LogP contribution in [0.3, 0.4) is 0 Å². The first kappa shape index (κ1) is 87.1. The normalized spacial score (nSPS) is 14.1. The summed E-state index contributed by atoms with van der Waals surface area (Å²) in [7, 11) is -9.89. The standard InChI is InChI=1S/C70H136O17P2/c1-6-9-12-15-17-19-21-23-25-26-27-29-31-36-40-45-50-55-70(75)87-66(60-81-68(73)54-49-44-39-35-30-28-24-22-20-18-16-13-10-7-2)62-85-89(78,79)83-58-64(71)57-82-88(76,77)84-61-65(59-80-67(72)53-48-42-14-11-8-3)86-69(74)56-51-46-41-37-33-32-34-38-43-47-52-63(4)5/h63-66,71H,6-62H2,1-5H3,(H,76,77)(H,78,79)/t64-,65+,66+/m0/s1. The van der Waals surface area contributed by atoms with Crippen molar-refractivity contribution in [2.24, 2.45) is 5.92 Å². The zero-order chi connectivity index (χ0) is 65.6. The van der Waals surface area contributed by atoms with Gasteiger partial charge in [-0.15, -0.1) is 0 Å². The second-order valence-corrected chi connectivity index (χ2v) is 28.7. The lowest BCUT2D eigenvalue weighted by Gasteiger charge is -2.21. The lowest BCUT2D eigenvalue weighted by atomic mass is 10.0. The first-order valence-corrected chi connectivity index (χ1v) is 39.6. The molecule has 2 unspecified atom stereocenters. The Kier molecular flexibility index (Phi) is 62.1. The molecule has 0 fully saturated rings. The maximum absolute atomic E-state index is 13.0. The van der Waals surface area contributed by atoms with Gasteiger partial charge in [0, 0.05) is 25.7 Å². The molecule has 0 aromatic rings. The Balaban J connectivity index is 5.16. The molecule has 0 saturated carbocycles. The van der Waals surface area contributed by atoms with Gasteiger partial charge in [-0.1, -0.05) is 311 Å². The minimum atomic E-state index is -4.95. The fourth-order valence-corrected chi connectivity index (χ4v) is 12.2. The quantitative estimate of drug-likeness (QED) is 0.0222. The highest BCUT2D eigenvalue weighted by atomic mass is 31.2. The van der Waals surface area contributed by atoms with Crippen molar-refractivity contribution in [1.29, 1.82) is 0 Å². The topological polar surface area (TPSA) is 237 Å². The fourth-order valence-electron chi connectivity index (χ4n) is 10.6. The molecular formula is C70H136O17P2. The van der Waals surface area contributed by atoms with E-state index in [1.165, 1.54) is 180 Å². The van der Waals surface area contributed by atoms with Crippen LogP contribution in [0.15, 0.2) is 0 Å². The van der Waals surface area contributed by atoms with E-state index in [0.29, 0.717) is 25.7 Å². The zero-order valence-corrected chi connectivity index (χ0v) is 59.4. The molecule has 0 rings (SSSR count). The lowest BCUT2D eigenvalue weighted by Crippen LogP contribution is -2.30. The number of hydrogen-bond donors (Lipinski definition) is 3. The van der Waals surface area contributed by atoms with Crippen molar-refractivity contribution in [1.82, 2.24) is 0 Å². The molecule has 0 spiro atoms. The Morgan fingerprint density at radius 1 is 0.303 bits per heavy atom. The molecule has 528 valence electrons. The van der Waals surface area contributed by atoms with Crippen molar-refractivity contribution in [3.05, 3.63) is 0 Å². The minimum absolute atomic E-state index is 0.105. The van der Waals surface area contributed by atoms with Gasteiger partial charge in [0.15, 0.2) is 12.2 Å². The van der Waals surface area contributed by atoms with Gasteiger partial charge in [0.25, 0.3) is 0 Å². The number of carbonyl (C=O) groups excluding carboxylic acids is 4. The Morgan fingerprint density at radius 2 is 0.517 bits per heavy atom. The van der Waals surface area contributed by atoms with Gasteiger partial charge in [-0.25, -0.2) is 9.13 Å². The smallest absolute Gasteiger partial charge is 0.462 e. The molecule has 19 heteroatoms. The summed E-state index contributed by atoms with van der Waals surface area (Å²) >= 11 is 0. The Morgan fingerprint density at radius 3 is 0.764 bits per heavy atom. The summed E-state index contributed by atoms with van der Waals surface area (Å²) in [6, 6.07) is 0. The molecule has 0 amide bonds. The third-order valence-corrected chi connectivity index (χ3v) is 18.2. The Hall–Kier alpha value is -1.94. The van der Waals surface area contributed by atoms with E-state index in [4.69, 9.17) is 37.0 Å². The summed E-state index contributed by atoms with van der Waals surface area (Å²) in [5, 5.41) is 10.6. The minimum Gasteiger partial charge on any atom is -0.462 e. The van der Waals surface area contributed by atoms with E-state index >= 15 is 0 Å². The second-order valence-electron chi connectivity index (χ2n) is 25.7. The third-order valence-electron chi connectivity index (χ3n) is 16.3. The van der Waals surface area contributed by atoms with Crippen LogP contribution in [-0.2, 0) is 65.4 Å². The van der Waals surface area contributed by atoms with Crippen molar-refractivity contribution >= 4 is 39.5 Å². The lowest BCUT2D eigenvalue weighted by molar-refractivity contribution is -0.161. The van der Waals surface area contributed by atoms with Crippen LogP contribution in [-0.4, -0.2) is 96.7 Å². The summed E-state index contributed by atoms with van der Waals surface area (Å²) in [4.78, 5) is 72.3. The van der Waals surface area contributed by atoms with Crippen molar-refractivity contribution in [2.45, 2.75) is 380 Å². The number of hydrogen-bond acceptors (Lipinski definition) is 15. The molecule has 89 heavy (non-hydrogen) atoms. The van der Waals surface area contributed by atoms with Crippen LogP contribution in [0.1, 0.15) is 362 Å². The third kappa shape index (κ3) is 64.6. The highest BCUT2D eigenvalue weighted by molar-refractivity contribution is 7.47. The average molecular weight is 1310 g/mol. The summed E-state index contributed by atoms with van der Waals surface area (Å²) in [5.74, 6) is -1.38. The molecule has 0 heterocycles. The number of phosphoric ester groups is 2. The van der Waals surface area contributed by atoms with Gasteiger partial charge in [0.1, 0.15) is 19.3 Å². The summed E-state index contributed by atoms with van der Waals surface area (Å²) in [5.41, 5.74) is 0. The molecule has 0 radical (unpaired) electrons. The summed E-state index contributed by atoms with van der Waals surface area (Å²) in [6.45, 7) is 7.15. The summed E-state index contributed by atoms with van der Waals surface area (Å²) < 4.78 is 68.1. The first-order valence-electron chi connectivity index (χ1n) is 36.6. The number of rotatable bonds is 70. The predicted molar refractivity (Wildman–Crippen MR) is 358 cm³/mol. The largest absolute Gasteiger partial charge is 0.472 e. The van der Waals surface area contributed by atoms with Crippen LogP contribution < -0.4 is 0 Å². The van der Waals surface area contributed by atoms with Crippen molar-refractivity contribution in [3.63, 3.8) is 0 Å². The maximum atomic E-state index is 13.0. The zero-order valence-electron chi connectivity index (χ0n) is 57.6. The van der Waals surface area contributed by atoms with Crippen LogP contribution in [0.5, 0.6) is 0 Å². The molecule has 0 aliphatic rings. The maximum Gasteiger partial charge on any atom is 0.472 e. The van der Waals surface area contributed by atoms with Crippen molar-refractivity contribution < 1.29 is 80.2 Å². The number of ether oxygens (including phenoxy) is 4. The van der Waals surface area contributed by atoms with Gasteiger partial charge in [0.05, 0.1) is 26.4 Å². The van der Waals surface area contributed by atoms with Gasteiger partial charge < -0.3 is 33.8 Å². The van der Waals surface area contributed by atoms with E-state index in [9.17, 15) is 43.2 Å². The van der Waals surface area contributed by atoms with Crippen LogP contribution in [0, 0.1) is 5.92 Å². The van der Waals surface area contributed by atoms with Gasteiger partial charge in [-0.3, -0.25) is 37.3 Å². The Bertz CT molecular complexity index is 1720. The SMILES string of the molecule is CCCCCCCCCCCCCCCCCCCC(=O)O[C@H](COC(=O)CCCCCCCCCCCCCCCC)COP(=O)(O)OC[C@@H](O)COP(=O)(O)OC[C@@H](COC(=O)CCCCCCC)OC(=O)CCCCCCCCCCCCC(C)C. The van der Waals surface area contributed by atoms with Crippen molar-refractivity contribution in [2.75, 3.05) is 39.6 Å². The molecule has 0 aromatic carbocycles. The molecule has 0 aliphatic heterocycles. The molecular weight excluding hydrogens is 1170 g/mol. The average Bonchev–Trinajstić information content (AvgIpc) is 3.52. The highest BCUT2D eigenvalue weighted by Crippen LogP contribution is 2.45. The molecule has 17 nitrogen and oxygen atoms in total. The molecule has 0 saturated heterocycles. The van der Waals surface area contributed by atoms with Gasteiger partial charge >= 0.3 is 39.5 Å². The van der Waals surface area contributed by atoms with E-state index < -0.39 is 97.5 Å². The van der Waals surface area contributed by atoms with E-state index in [-0.39, 0.29) is 25.7 Å². The Labute approximate surface area is 543 Å². The van der Waals surface area contributed by atoms with Crippen LogP contribution in [0.4, 0.5) is 0 Å². The van der Waals surface area contributed by atoms with Crippen molar-refractivity contribution in [3.8, 4) is 0 Å². The van der Waals surface area contributed by atoms with Gasteiger partial charge in [-0.05, 0) is 31.6 Å². The summed E-state index contributed by atoms with van der Waals surface area (Å²) in [6.07, 6.45) is 50.3. The van der Waals surface area contributed by atoms with E-state index in [2.05, 4.69) is 34.6 Å². The molecule has 0 aliphatic carbocycles. The van der Waals surface area contributed by atoms with Crippen LogP contribution in [0.2, 0.25) is 0 Å². The van der Waals surface area contributed by atoms with E-state index in [1.807, 2.05) is 0 Å². The first-order chi connectivity index (χ1) is 43.0. The molecule has 0 aromatic heterocycles. The van der Waals surface area contributed by atoms with Gasteiger partial charge in [0.2, 0.25) is 0 Å². The second kappa shape index (κ2) is 63.5. The number of unbranched alkanes of at least 4 members (excludes halogenated alkanes) is 42. The number of esters is 4. The molecule has 0 bridgehead atoms.